The van der Waals surface area contributed by atoms with Crippen molar-refractivity contribution in [3.63, 3.8) is 0 Å². The van der Waals surface area contributed by atoms with Crippen LogP contribution < -0.4 is 5.32 Å². The molecule has 0 aromatic rings. The van der Waals surface area contributed by atoms with Gasteiger partial charge in [-0.25, -0.2) is 0 Å². The topological polar surface area (TPSA) is 83.6 Å². The van der Waals surface area contributed by atoms with E-state index in [0.29, 0.717) is 25.9 Å². The Hall–Kier alpha value is -1.37. The molecule has 1 heterocycles. The van der Waals surface area contributed by atoms with Crippen LogP contribution in [0.15, 0.2) is 0 Å². The minimum absolute atomic E-state index is 0.00612. The molecule has 0 bridgehead atoms. The van der Waals surface area contributed by atoms with E-state index in [0.717, 1.165) is 11.8 Å². The maximum atomic E-state index is 12.0. The van der Waals surface area contributed by atoms with Crippen LogP contribution in [0.5, 0.6) is 0 Å². The molecule has 2 atom stereocenters. The Kier molecular flexibility index (Phi) is 6.87. The van der Waals surface area contributed by atoms with Gasteiger partial charge in [0.2, 0.25) is 11.8 Å². The zero-order chi connectivity index (χ0) is 16.0. The molecule has 1 saturated heterocycles. The van der Waals surface area contributed by atoms with Crippen molar-refractivity contribution in [3.05, 3.63) is 0 Å². The van der Waals surface area contributed by atoms with Gasteiger partial charge >= 0.3 is 0 Å². The Morgan fingerprint density at radius 3 is 2.57 bits per heavy atom. The second kappa shape index (κ2) is 8.17. The molecule has 0 spiro atoms. The van der Waals surface area contributed by atoms with Gasteiger partial charge in [0.15, 0.2) is 10.9 Å². The SMILES string of the molecule is CC[C@@H](C(C)=O)N1CC(CNC(=O)CSC(C)=O)CC1=O. The Morgan fingerprint density at radius 1 is 1.38 bits per heavy atom. The number of Topliss-reactive ketones (excluding diaryl/α,β-unsaturated/α-hetero) is 1. The maximum absolute atomic E-state index is 12.0. The lowest BCUT2D eigenvalue weighted by molar-refractivity contribution is -0.135. The van der Waals surface area contributed by atoms with Gasteiger partial charge in [-0.1, -0.05) is 18.7 Å². The third kappa shape index (κ3) is 5.49. The van der Waals surface area contributed by atoms with Crippen LogP contribution in [0.2, 0.25) is 0 Å². The fourth-order valence-corrected chi connectivity index (χ4v) is 2.89. The highest BCUT2D eigenvalue weighted by Gasteiger charge is 2.35. The number of amides is 2. The molecular weight excluding hydrogens is 292 g/mol. The molecule has 1 rings (SSSR count). The van der Waals surface area contributed by atoms with Crippen LogP contribution in [0, 0.1) is 5.92 Å². The number of rotatable bonds is 7. The molecule has 2 amide bonds. The average molecular weight is 314 g/mol. The zero-order valence-corrected chi connectivity index (χ0v) is 13.5. The molecule has 7 heteroatoms. The third-order valence-corrected chi connectivity index (χ3v) is 4.28. The van der Waals surface area contributed by atoms with Crippen LogP contribution in [-0.4, -0.2) is 52.5 Å². The fraction of sp³-hybridized carbons (Fsp3) is 0.714. The van der Waals surface area contributed by atoms with E-state index in [9.17, 15) is 19.2 Å². The van der Waals surface area contributed by atoms with Crippen molar-refractivity contribution in [2.45, 2.75) is 39.7 Å². The first-order chi connectivity index (χ1) is 9.85. The lowest BCUT2D eigenvalue weighted by Crippen LogP contribution is -2.41. The molecule has 118 valence electrons. The van der Waals surface area contributed by atoms with Gasteiger partial charge in [0.25, 0.3) is 0 Å². The van der Waals surface area contributed by atoms with Gasteiger partial charge in [-0.2, -0.15) is 0 Å². The number of nitrogens with one attached hydrogen (secondary N) is 1. The van der Waals surface area contributed by atoms with E-state index in [1.54, 1.807) is 4.90 Å². The van der Waals surface area contributed by atoms with Crippen LogP contribution in [-0.2, 0) is 19.2 Å². The Balaban J connectivity index is 2.42. The van der Waals surface area contributed by atoms with Crippen molar-refractivity contribution in [3.8, 4) is 0 Å². The first-order valence-corrected chi connectivity index (χ1v) is 8.03. The summed E-state index contributed by atoms with van der Waals surface area (Å²) < 4.78 is 0. The predicted molar refractivity (Wildman–Crippen MR) is 80.7 cm³/mol. The van der Waals surface area contributed by atoms with Crippen molar-refractivity contribution >= 4 is 34.5 Å². The number of carbonyl (C=O) groups excluding carboxylic acids is 4. The van der Waals surface area contributed by atoms with Gasteiger partial charge in [0, 0.05) is 32.4 Å². The molecule has 21 heavy (non-hydrogen) atoms. The Bertz CT molecular complexity index is 439. The highest BCUT2D eigenvalue weighted by atomic mass is 32.2. The highest BCUT2D eigenvalue weighted by molar-refractivity contribution is 8.14. The molecule has 0 radical (unpaired) electrons. The van der Waals surface area contributed by atoms with Crippen molar-refractivity contribution in [2.75, 3.05) is 18.8 Å². The van der Waals surface area contributed by atoms with Crippen LogP contribution in [0.25, 0.3) is 0 Å². The Labute approximate surface area is 129 Å². The van der Waals surface area contributed by atoms with Gasteiger partial charge in [-0.3, -0.25) is 19.2 Å². The molecule has 1 N–H and O–H groups in total. The summed E-state index contributed by atoms with van der Waals surface area (Å²) in [5.41, 5.74) is 0. The predicted octanol–water partition coefficient (Wildman–Crippen LogP) is 0.598. The molecule has 1 aliphatic rings. The molecule has 0 aromatic carbocycles. The lowest BCUT2D eigenvalue weighted by atomic mass is 10.1. The van der Waals surface area contributed by atoms with Crippen LogP contribution in [0.3, 0.4) is 0 Å². The summed E-state index contributed by atoms with van der Waals surface area (Å²) in [6, 6.07) is -0.355. The minimum Gasteiger partial charge on any atom is -0.355 e. The van der Waals surface area contributed by atoms with E-state index >= 15 is 0 Å². The molecule has 1 fully saturated rings. The van der Waals surface area contributed by atoms with Gasteiger partial charge < -0.3 is 10.2 Å². The fourth-order valence-electron chi connectivity index (χ4n) is 2.45. The van der Waals surface area contributed by atoms with Crippen molar-refractivity contribution in [1.82, 2.24) is 10.2 Å². The first kappa shape index (κ1) is 17.7. The van der Waals surface area contributed by atoms with E-state index in [1.807, 2.05) is 6.92 Å². The van der Waals surface area contributed by atoms with Gasteiger partial charge in [0.05, 0.1) is 11.8 Å². The van der Waals surface area contributed by atoms with Gasteiger partial charge in [-0.15, -0.1) is 0 Å². The number of ketones is 1. The van der Waals surface area contributed by atoms with Crippen molar-refractivity contribution in [2.24, 2.45) is 5.92 Å². The third-order valence-electron chi connectivity index (χ3n) is 3.47. The number of nitrogens with zero attached hydrogens (tertiary/aromatic N) is 1. The first-order valence-electron chi connectivity index (χ1n) is 7.05. The number of thioether (sulfide) groups is 1. The Morgan fingerprint density at radius 2 is 2.05 bits per heavy atom. The second-order valence-corrected chi connectivity index (χ2v) is 6.39. The summed E-state index contributed by atoms with van der Waals surface area (Å²) >= 11 is 0.962. The average Bonchev–Trinajstić information content (AvgIpc) is 2.76. The number of carbonyl (C=O) groups is 4. The van der Waals surface area contributed by atoms with Crippen LogP contribution in [0.1, 0.15) is 33.6 Å². The van der Waals surface area contributed by atoms with Gasteiger partial charge in [-0.05, 0) is 13.3 Å². The molecule has 6 nitrogen and oxygen atoms in total. The van der Waals surface area contributed by atoms with Crippen molar-refractivity contribution in [1.29, 1.82) is 0 Å². The summed E-state index contributed by atoms with van der Waals surface area (Å²) in [6.45, 7) is 5.69. The van der Waals surface area contributed by atoms with Crippen LogP contribution >= 0.6 is 11.8 Å². The summed E-state index contributed by atoms with van der Waals surface area (Å²) in [4.78, 5) is 47.4. The summed E-state index contributed by atoms with van der Waals surface area (Å²) in [5.74, 6) is -0.121. The quantitative estimate of drug-likeness (QED) is 0.744. The second-order valence-electron chi connectivity index (χ2n) is 5.24. The molecule has 0 aliphatic carbocycles. The molecule has 1 unspecified atom stereocenters. The summed E-state index contributed by atoms with van der Waals surface area (Å²) in [7, 11) is 0. The van der Waals surface area contributed by atoms with E-state index < -0.39 is 0 Å². The smallest absolute Gasteiger partial charge is 0.230 e. The normalized spacial score (nSPS) is 19.5. The summed E-state index contributed by atoms with van der Waals surface area (Å²) in [6.07, 6.45) is 0.958. The number of hydrogen-bond donors (Lipinski definition) is 1. The van der Waals surface area contributed by atoms with Crippen LogP contribution in [0.4, 0.5) is 0 Å². The minimum atomic E-state index is -0.355. The molecule has 1 aliphatic heterocycles. The highest BCUT2D eigenvalue weighted by Crippen LogP contribution is 2.21. The monoisotopic (exact) mass is 314 g/mol. The molecule has 0 saturated carbocycles. The number of hydrogen-bond acceptors (Lipinski definition) is 5. The van der Waals surface area contributed by atoms with Gasteiger partial charge in [0.1, 0.15) is 0 Å². The maximum Gasteiger partial charge on any atom is 0.230 e. The van der Waals surface area contributed by atoms with E-state index in [2.05, 4.69) is 5.32 Å². The largest absolute Gasteiger partial charge is 0.355 e. The molecular formula is C14H22N2O4S. The standard InChI is InChI=1S/C14H22N2O4S/c1-4-12(9(2)17)16-7-11(5-14(16)20)6-15-13(19)8-21-10(3)18/h11-12H,4-8H2,1-3H3,(H,15,19)/t11?,12-/m0/s1. The zero-order valence-electron chi connectivity index (χ0n) is 12.7. The van der Waals surface area contributed by atoms with E-state index in [1.165, 1.54) is 13.8 Å². The van der Waals surface area contributed by atoms with E-state index in [4.69, 9.17) is 0 Å². The molecule has 0 aromatic heterocycles. The van der Waals surface area contributed by atoms with Crippen molar-refractivity contribution < 1.29 is 19.2 Å². The lowest BCUT2D eigenvalue weighted by Gasteiger charge is -2.25. The van der Waals surface area contributed by atoms with E-state index in [-0.39, 0.29) is 40.4 Å². The number of likely N-dealkylation sites (tertiary alicyclic amines) is 1. The summed E-state index contributed by atoms with van der Waals surface area (Å²) in [5, 5.41) is 2.63.